The Morgan fingerprint density at radius 2 is 1.79 bits per heavy atom. The zero-order valence-electron chi connectivity index (χ0n) is 18.8. The predicted octanol–water partition coefficient (Wildman–Crippen LogP) is 4.59. The molecule has 1 heterocycles. The topological polar surface area (TPSA) is 84.5 Å². The highest BCUT2D eigenvalue weighted by Crippen LogP contribution is 2.42. The second-order valence-corrected chi connectivity index (χ2v) is 8.91. The van der Waals surface area contributed by atoms with Gasteiger partial charge in [0.2, 0.25) is 0 Å². The average Bonchev–Trinajstić information content (AvgIpc) is 2.62. The van der Waals surface area contributed by atoms with Crippen LogP contribution in [-0.4, -0.2) is 71.4 Å². The zero-order valence-corrected chi connectivity index (χ0v) is 19.6. The van der Waals surface area contributed by atoms with Gasteiger partial charge in [0, 0.05) is 12.6 Å². The fraction of sp³-hybridized carbons (Fsp3) is 0.955. The van der Waals surface area contributed by atoms with Gasteiger partial charge in [0.1, 0.15) is 5.60 Å². The van der Waals surface area contributed by atoms with Crippen LogP contribution in [0.1, 0.15) is 84.5 Å². The van der Waals surface area contributed by atoms with Gasteiger partial charge in [-0.2, -0.15) is 0 Å². The van der Waals surface area contributed by atoms with Gasteiger partial charge in [-0.1, -0.05) is 33.1 Å². The van der Waals surface area contributed by atoms with Gasteiger partial charge in [-0.25, -0.2) is 4.79 Å². The minimum atomic E-state index is -1.09. The molecule has 3 N–H and O–H groups in total. The summed E-state index contributed by atoms with van der Waals surface area (Å²) in [4.78, 5) is 16.7. The molecule has 0 aromatic carbocycles. The molecule has 6 nitrogen and oxygen atoms in total. The number of likely N-dealkylation sites (tertiary alicyclic amines) is 1. The van der Waals surface area contributed by atoms with Crippen LogP contribution in [0.25, 0.3) is 0 Å². The first kappa shape index (κ1) is 28.4. The summed E-state index contributed by atoms with van der Waals surface area (Å²) in [6.07, 6.45) is 11.2. The SMILES string of the molecule is CCCCN(CCCC)[C@@H]1CCCC[C@@]1(CC1CCCN(C)C1)OC(=O)O.Cl.O. The largest absolute Gasteiger partial charge is 0.506 e. The highest BCUT2D eigenvalue weighted by atomic mass is 35.5. The Balaban J connectivity index is 0.00000392. The summed E-state index contributed by atoms with van der Waals surface area (Å²) >= 11 is 0. The molecule has 0 aromatic heterocycles. The van der Waals surface area contributed by atoms with Crippen molar-refractivity contribution in [3.63, 3.8) is 0 Å². The normalized spacial score (nSPS) is 27.7. The maximum absolute atomic E-state index is 11.7. The maximum atomic E-state index is 11.7. The summed E-state index contributed by atoms with van der Waals surface area (Å²) < 4.78 is 5.83. The van der Waals surface area contributed by atoms with Crippen molar-refractivity contribution in [2.24, 2.45) is 5.92 Å². The molecule has 1 saturated heterocycles. The summed E-state index contributed by atoms with van der Waals surface area (Å²) in [5.74, 6) is 0.544. The van der Waals surface area contributed by atoms with E-state index in [0.29, 0.717) is 5.92 Å². The first-order chi connectivity index (χ1) is 13.0. The van der Waals surface area contributed by atoms with Crippen LogP contribution in [0.3, 0.4) is 0 Å². The fourth-order valence-corrected chi connectivity index (χ4v) is 5.35. The molecule has 1 aliphatic heterocycles. The van der Waals surface area contributed by atoms with E-state index in [9.17, 15) is 9.90 Å². The van der Waals surface area contributed by atoms with E-state index in [0.717, 1.165) is 51.9 Å². The third kappa shape index (κ3) is 8.60. The van der Waals surface area contributed by atoms with Crippen LogP contribution < -0.4 is 0 Å². The third-order valence-corrected chi connectivity index (χ3v) is 6.62. The second kappa shape index (κ2) is 14.4. The van der Waals surface area contributed by atoms with E-state index in [1.807, 2.05) is 0 Å². The minimum absolute atomic E-state index is 0. The molecule has 174 valence electrons. The summed E-state index contributed by atoms with van der Waals surface area (Å²) in [7, 11) is 2.18. The van der Waals surface area contributed by atoms with Gasteiger partial charge in [-0.3, -0.25) is 4.90 Å². The van der Waals surface area contributed by atoms with E-state index in [1.54, 1.807) is 0 Å². The monoisotopic (exact) mass is 436 g/mol. The number of carboxylic acid groups (broad SMARTS) is 1. The lowest BCUT2D eigenvalue weighted by atomic mass is 9.72. The van der Waals surface area contributed by atoms with Crippen LogP contribution in [0, 0.1) is 5.92 Å². The Kier molecular flexibility index (Phi) is 14.2. The van der Waals surface area contributed by atoms with Crippen molar-refractivity contribution >= 4 is 18.6 Å². The zero-order chi connectivity index (χ0) is 19.7. The lowest BCUT2D eigenvalue weighted by Gasteiger charge is -2.50. The molecule has 7 heteroatoms. The van der Waals surface area contributed by atoms with Gasteiger partial charge in [-0.15, -0.1) is 12.4 Å². The van der Waals surface area contributed by atoms with Crippen molar-refractivity contribution in [3.05, 3.63) is 0 Å². The van der Waals surface area contributed by atoms with E-state index >= 15 is 0 Å². The van der Waals surface area contributed by atoms with Crippen LogP contribution in [0.2, 0.25) is 0 Å². The molecule has 0 bridgehead atoms. The van der Waals surface area contributed by atoms with Gasteiger partial charge >= 0.3 is 6.16 Å². The minimum Gasteiger partial charge on any atom is -0.450 e. The van der Waals surface area contributed by atoms with Crippen molar-refractivity contribution in [3.8, 4) is 0 Å². The lowest BCUT2D eigenvalue weighted by Crippen LogP contribution is -2.58. The molecule has 3 atom stereocenters. The average molecular weight is 437 g/mol. The number of hydrogen-bond acceptors (Lipinski definition) is 4. The van der Waals surface area contributed by atoms with Crippen molar-refractivity contribution in [2.45, 2.75) is 96.1 Å². The van der Waals surface area contributed by atoms with Gasteiger partial charge in [-0.05, 0) is 84.0 Å². The summed E-state index contributed by atoms with van der Waals surface area (Å²) in [5, 5.41) is 9.61. The number of unbranched alkanes of at least 4 members (excludes halogenated alkanes) is 2. The quantitative estimate of drug-likeness (QED) is 0.506. The molecule has 0 spiro atoms. The number of ether oxygens (including phenoxy) is 1. The number of piperidine rings is 1. The summed E-state index contributed by atoms with van der Waals surface area (Å²) in [5.41, 5.74) is -0.519. The van der Waals surface area contributed by atoms with E-state index in [1.165, 1.54) is 44.9 Å². The Labute approximate surface area is 184 Å². The molecular weight excluding hydrogens is 392 g/mol. The van der Waals surface area contributed by atoms with Crippen molar-refractivity contribution in [2.75, 3.05) is 33.2 Å². The van der Waals surface area contributed by atoms with Crippen molar-refractivity contribution in [1.29, 1.82) is 0 Å². The first-order valence-electron chi connectivity index (χ1n) is 11.3. The number of hydrogen-bond donors (Lipinski definition) is 1. The smallest absolute Gasteiger partial charge is 0.450 e. The van der Waals surface area contributed by atoms with Crippen LogP contribution >= 0.6 is 12.4 Å². The van der Waals surface area contributed by atoms with Crippen LogP contribution in [0.4, 0.5) is 4.79 Å². The van der Waals surface area contributed by atoms with Crippen LogP contribution in [0.5, 0.6) is 0 Å². The molecule has 29 heavy (non-hydrogen) atoms. The third-order valence-electron chi connectivity index (χ3n) is 6.62. The van der Waals surface area contributed by atoms with Gasteiger partial charge < -0.3 is 20.2 Å². The Bertz CT molecular complexity index is 447. The van der Waals surface area contributed by atoms with E-state index < -0.39 is 11.8 Å². The van der Waals surface area contributed by atoms with Crippen LogP contribution in [-0.2, 0) is 4.74 Å². The standard InChI is InChI=1S/C22H42N2O3.ClH.H2O/c1-4-6-15-24(16-7-5-2)20-12-8-9-13-22(20,27-21(25)26)17-19-11-10-14-23(3)18-19;;/h19-20H,4-18H2,1-3H3,(H,25,26);1H;1H2/t19?,20-,22+;;/m1../s1. The molecule has 2 fully saturated rings. The molecule has 0 radical (unpaired) electrons. The molecular formula is C22H45ClN2O4. The number of rotatable bonds is 10. The number of nitrogens with zero attached hydrogens (tertiary/aromatic N) is 2. The highest BCUT2D eigenvalue weighted by Gasteiger charge is 2.48. The Morgan fingerprint density at radius 3 is 2.34 bits per heavy atom. The lowest BCUT2D eigenvalue weighted by molar-refractivity contribution is -0.111. The predicted molar refractivity (Wildman–Crippen MR) is 121 cm³/mol. The Morgan fingerprint density at radius 1 is 1.14 bits per heavy atom. The highest BCUT2D eigenvalue weighted by molar-refractivity contribution is 5.85. The number of halogens is 1. The van der Waals surface area contributed by atoms with E-state index in [4.69, 9.17) is 4.74 Å². The molecule has 2 aliphatic rings. The number of carbonyl (C=O) groups is 1. The summed E-state index contributed by atoms with van der Waals surface area (Å²) in [6.45, 7) is 8.83. The fourth-order valence-electron chi connectivity index (χ4n) is 5.35. The van der Waals surface area contributed by atoms with Crippen molar-refractivity contribution < 1.29 is 20.1 Å². The second-order valence-electron chi connectivity index (χ2n) is 8.91. The van der Waals surface area contributed by atoms with Gasteiger partial charge in [0.15, 0.2) is 0 Å². The molecule has 1 aliphatic carbocycles. The molecule has 2 rings (SSSR count). The van der Waals surface area contributed by atoms with E-state index in [2.05, 4.69) is 30.7 Å². The molecule has 1 saturated carbocycles. The maximum Gasteiger partial charge on any atom is 0.506 e. The molecule has 0 aromatic rings. The van der Waals surface area contributed by atoms with E-state index in [-0.39, 0.29) is 23.9 Å². The molecule has 1 unspecified atom stereocenters. The van der Waals surface area contributed by atoms with Crippen molar-refractivity contribution in [1.82, 2.24) is 9.80 Å². The summed E-state index contributed by atoms with van der Waals surface area (Å²) in [6, 6.07) is 0.243. The van der Waals surface area contributed by atoms with Crippen LogP contribution in [0.15, 0.2) is 0 Å². The van der Waals surface area contributed by atoms with Gasteiger partial charge in [0.25, 0.3) is 0 Å². The van der Waals surface area contributed by atoms with Gasteiger partial charge in [0.05, 0.1) is 0 Å². The molecule has 0 amide bonds. The first-order valence-corrected chi connectivity index (χ1v) is 11.3. The Hall–Kier alpha value is -0.560.